The predicted molar refractivity (Wildman–Crippen MR) is 152 cm³/mol. The summed E-state index contributed by atoms with van der Waals surface area (Å²) in [6.07, 6.45) is 0.939. The molecule has 1 aliphatic heterocycles. The van der Waals surface area contributed by atoms with Gasteiger partial charge in [-0.2, -0.15) is 0 Å². The molecule has 37 heavy (non-hydrogen) atoms. The number of rotatable bonds is 9. The topological polar surface area (TPSA) is 79.9 Å². The van der Waals surface area contributed by atoms with E-state index in [4.69, 9.17) is 32.5 Å². The zero-order valence-corrected chi connectivity index (χ0v) is 24.4. The van der Waals surface area contributed by atoms with E-state index < -0.39 is 19.1 Å². The van der Waals surface area contributed by atoms with E-state index in [1.54, 1.807) is 12.1 Å². The van der Waals surface area contributed by atoms with Gasteiger partial charge in [-0.05, 0) is 53.0 Å². The van der Waals surface area contributed by atoms with Gasteiger partial charge in [-0.25, -0.2) is 0 Å². The highest BCUT2D eigenvalue weighted by atomic mass is 79.9. The van der Waals surface area contributed by atoms with Gasteiger partial charge < -0.3 is 24.8 Å². The van der Waals surface area contributed by atoms with Crippen LogP contribution in [0.5, 0.6) is 0 Å². The lowest BCUT2D eigenvalue weighted by molar-refractivity contribution is -0.123. The molecule has 2 amide bonds. The maximum atomic E-state index is 13.7. The summed E-state index contributed by atoms with van der Waals surface area (Å²) in [5.41, 5.74) is 1.01. The van der Waals surface area contributed by atoms with Gasteiger partial charge >= 0.3 is 7.12 Å². The van der Waals surface area contributed by atoms with Crippen LogP contribution in [0.25, 0.3) is 0 Å². The molecule has 0 bridgehead atoms. The lowest BCUT2D eigenvalue weighted by Crippen LogP contribution is -2.57. The average molecular weight is 613 g/mol. The number of nitrogens with zero attached hydrogens (tertiary/aromatic N) is 1. The maximum absolute atomic E-state index is 13.7. The maximum Gasteiger partial charge on any atom is 0.480 e. The number of benzene rings is 2. The van der Waals surface area contributed by atoms with Crippen LogP contribution in [0.1, 0.15) is 36.2 Å². The minimum Gasteiger partial charge on any atom is -0.408 e. The minimum atomic E-state index is -0.879. The Morgan fingerprint density at radius 3 is 2.32 bits per heavy atom. The summed E-state index contributed by atoms with van der Waals surface area (Å²) >= 11 is 16.0. The first-order chi connectivity index (χ1) is 17.7. The van der Waals surface area contributed by atoms with Crippen LogP contribution >= 0.6 is 39.1 Å². The number of hydrogen-bond acceptors (Lipinski definition) is 5. The monoisotopic (exact) mass is 611 g/mol. The van der Waals surface area contributed by atoms with Crippen molar-refractivity contribution in [2.24, 2.45) is 5.92 Å². The molecule has 1 aliphatic rings. The molecule has 1 fully saturated rings. The molecule has 2 aromatic carbocycles. The number of carbonyl (C=O) groups excluding carboxylic acids is 2. The molecule has 2 aromatic rings. The Balaban J connectivity index is 1.83. The van der Waals surface area contributed by atoms with Gasteiger partial charge in [-0.1, -0.05) is 67.4 Å². The molecule has 0 spiro atoms. The van der Waals surface area contributed by atoms with Crippen molar-refractivity contribution in [3.63, 3.8) is 0 Å². The third-order valence-corrected chi connectivity index (χ3v) is 7.66. The molecule has 2 N–H and O–H groups in total. The molecule has 2 atom stereocenters. The van der Waals surface area contributed by atoms with E-state index in [1.807, 2.05) is 37.4 Å². The summed E-state index contributed by atoms with van der Waals surface area (Å²) in [5.74, 6) is -0.970. The Morgan fingerprint density at radius 1 is 1.05 bits per heavy atom. The largest absolute Gasteiger partial charge is 0.480 e. The van der Waals surface area contributed by atoms with Gasteiger partial charge in [-0.3, -0.25) is 9.59 Å². The van der Waals surface area contributed by atoms with E-state index >= 15 is 0 Å². The Morgan fingerprint density at radius 2 is 1.70 bits per heavy atom. The quantitative estimate of drug-likeness (QED) is 0.319. The van der Waals surface area contributed by atoms with Crippen LogP contribution in [0.2, 0.25) is 10.0 Å². The van der Waals surface area contributed by atoms with E-state index in [0.29, 0.717) is 24.1 Å². The first kappa shape index (κ1) is 29.9. The van der Waals surface area contributed by atoms with E-state index in [9.17, 15) is 9.59 Å². The molecule has 1 saturated heterocycles. The van der Waals surface area contributed by atoms with Crippen molar-refractivity contribution >= 4 is 58.1 Å². The Bertz CT molecular complexity index is 1050. The zero-order chi connectivity index (χ0) is 26.9. The third kappa shape index (κ3) is 8.98. The van der Waals surface area contributed by atoms with Crippen LogP contribution in [0.3, 0.4) is 0 Å². The number of likely N-dealkylation sites (N-methyl/N-ethyl adjacent to an activating group) is 1. The van der Waals surface area contributed by atoms with Crippen molar-refractivity contribution < 1.29 is 18.9 Å². The van der Waals surface area contributed by atoms with Crippen LogP contribution in [0.15, 0.2) is 46.9 Å². The lowest BCUT2D eigenvalue weighted by atomic mass is 9.73. The third-order valence-electron chi connectivity index (χ3n) is 6.07. The van der Waals surface area contributed by atoms with Crippen LogP contribution in [0.4, 0.5) is 0 Å². The normalized spacial score (nSPS) is 16.6. The smallest absolute Gasteiger partial charge is 0.408 e. The number of nitrogens with one attached hydrogen (secondary N) is 2. The molecule has 3 rings (SSSR count). The van der Waals surface area contributed by atoms with Crippen LogP contribution in [0, 0.1) is 5.92 Å². The summed E-state index contributed by atoms with van der Waals surface area (Å²) < 4.78 is 12.5. The molecule has 0 unspecified atom stereocenters. The van der Waals surface area contributed by atoms with Crippen molar-refractivity contribution in [2.45, 2.75) is 38.7 Å². The van der Waals surface area contributed by atoms with E-state index in [1.165, 1.54) is 0 Å². The summed E-state index contributed by atoms with van der Waals surface area (Å²) in [6, 6.07) is 11.9. The second-order valence-corrected chi connectivity index (χ2v) is 11.2. The van der Waals surface area contributed by atoms with Crippen molar-refractivity contribution in [1.82, 2.24) is 15.5 Å². The molecule has 200 valence electrons. The highest BCUT2D eigenvalue weighted by Gasteiger charge is 2.35. The minimum absolute atomic E-state index is 0.109. The second kappa shape index (κ2) is 14.5. The fraction of sp³-hybridized carbons (Fsp3) is 0.462. The summed E-state index contributed by atoms with van der Waals surface area (Å²) in [7, 11) is 1.43. The molecule has 0 radical (unpaired) electrons. The number of amides is 2. The summed E-state index contributed by atoms with van der Waals surface area (Å²) in [4.78, 5) is 29.1. The van der Waals surface area contributed by atoms with Gasteiger partial charge in [0.15, 0.2) is 0 Å². The predicted octanol–water partition coefficient (Wildman–Crippen LogP) is 4.63. The summed E-state index contributed by atoms with van der Waals surface area (Å²) in [6.45, 7) is 6.71. The van der Waals surface area contributed by atoms with Gasteiger partial charge in [0.05, 0.1) is 21.5 Å². The van der Waals surface area contributed by atoms with Gasteiger partial charge in [-0.15, -0.1) is 0 Å². The standard InChI is InChI=1S/C26H33BBrCl2N3O4/c1-17(2)15-22(27-36-13-11-33(3)12-14-37-27)32-25(34)21(16-18-7-5-4-6-8-18)31-26(35)23-20(29)10-9-19(28)24(23)30/h4-10,17,21-22H,11-16H2,1-3H3,(H,31,35)(H,32,34)/t21-,22-/m0/s1. The highest BCUT2D eigenvalue weighted by Crippen LogP contribution is 2.31. The average Bonchev–Trinajstić information content (AvgIpc) is 2.83. The van der Waals surface area contributed by atoms with E-state index in [0.717, 1.165) is 18.7 Å². The molecule has 0 saturated carbocycles. The lowest BCUT2D eigenvalue weighted by Gasteiger charge is -2.31. The van der Waals surface area contributed by atoms with Crippen LogP contribution in [-0.2, 0) is 20.5 Å². The molecule has 7 nitrogen and oxygen atoms in total. The fourth-order valence-corrected chi connectivity index (χ4v) is 4.97. The van der Waals surface area contributed by atoms with Gasteiger partial charge in [0.1, 0.15) is 6.04 Å². The Hall–Kier alpha value is -1.62. The number of hydrogen-bond donors (Lipinski definition) is 2. The summed E-state index contributed by atoms with van der Waals surface area (Å²) in [5, 5.41) is 6.33. The molecular formula is C26H33BBrCl2N3O4. The molecule has 0 aliphatic carbocycles. The first-order valence-corrected chi connectivity index (χ1v) is 13.9. The van der Waals surface area contributed by atoms with Gasteiger partial charge in [0.2, 0.25) is 5.91 Å². The number of carbonyl (C=O) groups is 2. The molecule has 0 aromatic heterocycles. The zero-order valence-electron chi connectivity index (χ0n) is 21.3. The van der Waals surface area contributed by atoms with Crippen LogP contribution in [-0.4, -0.2) is 69.2 Å². The Labute approximate surface area is 237 Å². The molecule has 11 heteroatoms. The van der Waals surface area contributed by atoms with Crippen LogP contribution < -0.4 is 10.6 Å². The van der Waals surface area contributed by atoms with Crippen molar-refractivity contribution in [3.8, 4) is 0 Å². The highest BCUT2D eigenvalue weighted by molar-refractivity contribution is 9.10. The number of halogens is 3. The molecule has 1 heterocycles. The van der Waals surface area contributed by atoms with Crippen molar-refractivity contribution in [3.05, 3.63) is 68.1 Å². The van der Waals surface area contributed by atoms with E-state index in [-0.39, 0.29) is 39.8 Å². The van der Waals surface area contributed by atoms with Crippen molar-refractivity contribution in [2.75, 3.05) is 33.4 Å². The first-order valence-electron chi connectivity index (χ1n) is 12.4. The Kier molecular flexibility index (Phi) is 11.7. The van der Waals surface area contributed by atoms with Gasteiger partial charge in [0, 0.05) is 37.2 Å². The SMILES string of the molecule is CC(C)C[C@H](NC(=O)[C@H](Cc1ccccc1)NC(=O)c1c(Cl)ccc(Br)c1Cl)B1OCCN(C)CCO1. The van der Waals surface area contributed by atoms with Gasteiger partial charge in [0.25, 0.3) is 5.91 Å². The van der Waals surface area contributed by atoms with Crippen molar-refractivity contribution in [1.29, 1.82) is 0 Å². The van der Waals surface area contributed by atoms with E-state index in [2.05, 4.69) is 45.3 Å². The second-order valence-electron chi connectivity index (χ2n) is 9.59. The fourth-order valence-electron chi connectivity index (χ4n) is 4.10. The molecular weight excluding hydrogens is 580 g/mol.